The van der Waals surface area contributed by atoms with Gasteiger partial charge in [-0.3, -0.25) is 4.79 Å². The number of anilines is 1. The number of alkyl carbamates (subject to hydrolysis) is 1. The fraction of sp³-hybridized carbons (Fsp3) is 0.344. The second-order valence-corrected chi connectivity index (χ2v) is 16.6. The molecule has 8 nitrogen and oxygen atoms in total. The number of ether oxygens (including phenoxy) is 1. The number of carbonyl (C=O) groups excluding carboxylic acids is 2. The van der Waals surface area contributed by atoms with Crippen molar-refractivity contribution in [2.75, 3.05) is 11.9 Å². The highest BCUT2D eigenvalue weighted by Gasteiger charge is 2.37. The molecule has 1 atom stereocenters. The molecule has 4 rings (SSSR count). The zero-order valence-corrected chi connectivity index (χ0v) is 25.7. The monoisotopic (exact) mass is 572 g/mol. The minimum atomic E-state index is -2.03. The number of aromatic nitrogens is 2. The minimum Gasteiger partial charge on any atom is -0.445 e. The van der Waals surface area contributed by atoms with Crippen molar-refractivity contribution in [1.82, 2.24) is 15.1 Å². The Hall–Kier alpha value is -3.95. The summed E-state index contributed by atoms with van der Waals surface area (Å²) in [6.45, 7) is 13.3. The molecule has 0 saturated heterocycles. The van der Waals surface area contributed by atoms with Crippen molar-refractivity contribution >= 4 is 36.9 Å². The number of fused-ring (bicyclic) bond motifs is 1. The maximum atomic E-state index is 13.5. The van der Waals surface area contributed by atoms with Crippen LogP contribution in [0.3, 0.4) is 0 Å². The van der Waals surface area contributed by atoms with E-state index in [9.17, 15) is 9.59 Å². The molecular formula is C32H40N4O4Si. The summed E-state index contributed by atoms with van der Waals surface area (Å²) >= 11 is 0. The summed E-state index contributed by atoms with van der Waals surface area (Å²) in [7, 11) is -2.03. The van der Waals surface area contributed by atoms with Gasteiger partial charge in [0.15, 0.2) is 8.32 Å². The lowest BCUT2D eigenvalue weighted by atomic mass is 10.1. The zero-order valence-electron chi connectivity index (χ0n) is 24.7. The normalized spacial score (nSPS) is 12.6. The van der Waals surface area contributed by atoms with Crippen LogP contribution in [0.4, 0.5) is 10.5 Å². The van der Waals surface area contributed by atoms with Crippen LogP contribution >= 0.6 is 0 Å². The fourth-order valence-electron chi connectivity index (χ4n) is 4.12. The van der Waals surface area contributed by atoms with Crippen molar-refractivity contribution in [3.8, 4) is 5.69 Å². The van der Waals surface area contributed by atoms with Crippen molar-refractivity contribution in [1.29, 1.82) is 0 Å². The molecule has 1 aromatic heterocycles. The molecular weight excluding hydrogens is 532 g/mol. The SMILES string of the molecule is Cc1cccc(-n2ncc3ccc(NC(=O)[C@H](CCO[Si](C)(C)C(C)(C)C)NC(=O)OCc4ccccc4)cc32)c1. The lowest BCUT2D eigenvalue weighted by Gasteiger charge is -2.36. The number of hydrogen-bond acceptors (Lipinski definition) is 5. The summed E-state index contributed by atoms with van der Waals surface area (Å²) in [6, 6.07) is 22.3. The molecule has 1 heterocycles. The van der Waals surface area contributed by atoms with E-state index in [1.54, 1.807) is 6.20 Å². The van der Waals surface area contributed by atoms with E-state index in [1.165, 1.54) is 0 Å². The number of nitrogens with one attached hydrogen (secondary N) is 2. The molecule has 9 heteroatoms. The Balaban J connectivity index is 1.49. The Morgan fingerprint density at radius 1 is 1.00 bits per heavy atom. The average molecular weight is 573 g/mol. The maximum absolute atomic E-state index is 13.5. The van der Waals surface area contributed by atoms with Crippen LogP contribution in [0.5, 0.6) is 0 Å². The van der Waals surface area contributed by atoms with Crippen molar-refractivity contribution in [3.05, 3.63) is 90.1 Å². The Morgan fingerprint density at radius 2 is 1.76 bits per heavy atom. The summed E-state index contributed by atoms with van der Waals surface area (Å²) in [5.41, 5.74) is 4.40. The first-order valence-corrected chi connectivity index (χ1v) is 16.8. The zero-order chi connectivity index (χ0) is 29.6. The fourth-order valence-corrected chi connectivity index (χ4v) is 5.18. The first kappa shape index (κ1) is 30.0. The average Bonchev–Trinajstić information content (AvgIpc) is 3.34. The Morgan fingerprint density at radius 3 is 2.46 bits per heavy atom. The van der Waals surface area contributed by atoms with E-state index >= 15 is 0 Å². The molecule has 0 unspecified atom stereocenters. The lowest BCUT2D eigenvalue weighted by molar-refractivity contribution is -0.118. The van der Waals surface area contributed by atoms with Gasteiger partial charge >= 0.3 is 6.09 Å². The number of rotatable bonds is 10. The molecule has 0 fully saturated rings. The molecule has 0 radical (unpaired) electrons. The van der Waals surface area contributed by atoms with Crippen molar-refractivity contribution in [2.24, 2.45) is 0 Å². The van der Waals surface area contributed by atoms with Gasteiger partial charge in [-0.2, -0.15) is 5.10 Å². The summed E-state index contributed by atoms with van der Waals surface area (Å²) in [5, 5.41) is 11.3. The van der Waals surface area contributed by atoms with Crippen molar-refractivity contribution in [3.63, 3.8) is 0 Å². The van der Waals surface area contributed by atoms with Crippen LogP contribution in [-0.4, -0.2) is 42.7 Å². The van der Waals surface area contributed by atoms with E-state index in [0.29, 0.717) is 18.7 Å². The highest BCUT2D eigenvalue weighted by molar-refractivity contribution is 6.74. The van der Waals surface area contributed by atoms with Crippen LogP contribution in [0.2, 0.25) is 18.1 Å². The molecule has 0 aliphatic rings. The largest absolute Gasteiger partial charge is 0.445 e. The quantitative estimate of drug-likeness (QED) is 0.200. The van der Waals surface area contributed by atoms with Gasteiger partial charge in [0.2, 0.25) is 5.91 Å². The van der Waals surface area contributed by atoms with Gasteiger partial charge in [0.1, 0.15) is 12.6 Å². The number of aryl methyl sites for hydroxylation is 1. The third-order valence-corrected chi connectivity index (χ3v) is 12.1. The van der Waals surface area contributed by atoms with E-state index in [0.717, 1.165) is 27.7 Å². The summed E-state index contributed by atoms with van der Waals surface area (Å²) in [4.78, 5) is 26.2. The van der Waals surface area contributed by atoms with E-state index < -0.39 is 20.5 Å². The first-order valence-electron chi connectivity index (χ1n) is 13.9. The smallest absolute Gasteiger partial charge is 0.408 e. The van der Waals surface area contributed by atoms with Gasteiger partial charge < -0.3 is 19.8 Å². The number of amides is 2. The second kappa shape index (κ2) is 12.7. The van der Waals surface area contributed by atoms with Gasteiger partial charge in [0, 0.05) is 17.7 Å². The number of benzene rings is 3. The van der Waals surface area contributed by atoms with Gasteiger partial charge in [-0.15, -0.1) is 0 Å². The van der Waals surface area contributed by atoms with Gasteiger partial charge in [0.05, 0.1) is 17.4 Å². The highest BCUT2D eigenvalue weighted by Crippen LogP contribution is 2.36. The number of hydrogen-bond donors (Lipinski definition) is 2. The molecule has 2 amide bonds. The third-order valence-electron chi connectivity index (χ3n) is 7.58. The molecule has 0 aliphatic carbocycles. The van der Waals surface area contributed by atoms with Crippen molar-refractivity contribution < 1.29 is 18.8 Å². The molecule has 0 aliphatic heterocycles. The first-order chi connectivity index (χ1) is 19.4. The molecule has 216 valence electrons. The Kier molecular flexibility index (Phi) is 9.30. The summed E-state index contributed by atoms with van der Waals surface area (Å²) < 4.78 is 13.6. The van der Waals surface area contributed by atoms with E-state index in [2.05, 4.69) is 55.7 Å². The Bertz CT molecular complexity index is 1490. The van der Waals surface area contributed by atoms with Crippen LogP contribution < -0.4 is 10.6 Å². The lowest BCUT2D eigenvalue weighted by Crippen LogP contribution is -2.46. The number of carbonyl (C=O) groups is 2. The third kappa shape index (κ3) is 7.83. The van der Waals surface area contributed by atoms with E-state index in [1.807, 2.05) is 78.3 Å². The van der Waals surface area contributed by atoms with Gasteiger partial charge in [0.25, 0.3) is 0 Å². The Labute approximate surface area is 243 Å². The summed E-state index contributed by atoms with van der Waals surface area (Å²) in [6.07, 6.45) is 1.45. The van der Waals surface area contributed by atoms with Crippen LogP contribution in [0.15, 0.2) is 79.0 Å². The van der Waals surface area contributed by atoms with Crippen LogP contribution in [0.1, 0.15) is 38.3 Å². The van der Waals surface area contributed by atoms with Crippen LogP contribution in [0, 0.1) is 6.92 Å². The molecule has 4 aromatic rings. The molecule has 3 aromatic carbocycles. The molecule has 0 saturated carbocycles. The van der Waals surface area contributed by atoms with Crippen LogP contribution in [-0.2, 0) is 20.6 Å². The van der Waals surface area contributed by atoms with Gasteiger partial charge in [-0.05, 0) is 72.9 Å². The predicted molar refractivity (Wildman–Crippen MR) is 166 cm³/mol. The standard InChI is InChI=1S/C32H40N4O4Si/c1-23-11-10-14-27(19-23)36-29-20-26(16-15-25(29)21-33-36)34-30(37)28(17-18-40-41(5,6)32(2,3)4)35-31(38)39-22-24-12-8-7-9-13-24/h7-16,19-21,28H,17-18,22H2,1-6H3,(H,34,37)(H,35,38)/t28-/m0/s1. The predicted octanol–water partition coefficient (Wildman–Crippen LogP) is 6.98. The molecule has 2 N–H and O–H groups in total. The highest BCUT2D eigenvalue weighted by atomic mass is 28.4. The summed E-state index contributed by atoms with van der Waals surface area (Å²) in [5.74, 6) is -0.346. The minimum absolute atomic E-state index is 0.0302. The van der Waals surface area contributed by atoms with Gasteiger partial charge in [-0.1, -0.05) is 63.2 Å². The van der Waals surface area contributed by atoms with Crippen molar-refractivity contribution in [2.45, 2.75) is 64.9 Å². The maximum Gasteiger partial charge on any atom is 0.408 e. The topological polar surface area (TPSA) is 94.5 Å². The van der Waals surface area contributed by atoms with E-state index in [-0.39, 0.29) is 17.6 Å². The second-order valence-electron chi connectivity index (χ2n) is 11.8. The number of nitrogens with zero attached hydrogens (tertiary/aromatic N) is 2. The van der Waals surface area contributed by atoms with Gasteiger partial charge in [-0.25, -0.2) is 9.48 Å². The molecule has 0 bridgehead atoms. The van der Waals surface area contributed by atoms with Crippen LogP contribution in [0.25, 0.3) is 16.6 Å². The molecule has 0 spiro atoms. The van der Waals surface area contributed by atoms with E-state index in [4.69, 9.17) is 9.16 Å². The molecule has 41 heavy (non-hydrogen) atoms.